The number of nitrogens with zero attached hydrogens (tertiary/aromatic N) is 3. The Balaban J connectivity index is 1.67. The Hall–Kier alpha value is -3.33. The smallest absolute Gasteiger partial charge is 0.247 e. The van der Waals surface area contributed by atoms with Crippen molar-refractivity contribution < 1.29 is 19.4 Å². The molecule has 0 amide bonds. The topological polar surface area (TPSA) is 109 Å². The van der Waals surface area contributed by atoms with Gasteiger partial charge >= 0.3 is 0 Å². The highest BCUT2D eigenvalue weighted by atomic mass is 32.2. The number of anilines is 1. The van der Waals surface area contributed by atoms with E-state index in [0.717, 1.165) is 22.6 Å². The third-order valence-electron chi connectivity index (χ3n) is 4.15. The minimum atomic E-state index is -1.27. The molecule has 2 aromatic carbocycles. The van der Waals surface area contributed by atoms with E-state index < -0.39 is 18.8 Å². The molecular formula is C20H17N4O4S-. The summed E-state index contributed by atoms with van der Waals surface area (Å²) in [6, 6.07) is 14.7. The van der Waals surface area contributed by atoms with Crippen LogP contribution in [0.1, 0.15) is 18.7 Å². The standard InChI is InChI=1S/C20H18N4O4S/c1-2-29-20-22-19-17(23-24-20)14-5-3-4-6-15(14)21-18(28-19)12-7-9-13(10-8-12)27-11-16(25)26/h3-10,18,21H,2,11H2,1H3,(H,25,26)/p-1/t18-/m1/s1. The summed E-state index contributed by atoms with van der Waals surface area (Å²) in [5.74, 6) is 0.379. The molecule has 0 fully saturated rings. The molecule has 29 heavy (non-hydrogen) atoms. The van der Waals surface area contributed by atoms with Crippen molar-refractivity contribution in [3.05, 3.63) is 54.1 Å². The zero-order chi connectivity index (χ0) is 20.2. The fraction of sp³-hybridized carbons (Fsp3) is 0.200. The summed E-state index contributed by atoms with van der Waals surface area (Å²) < 4.78 is 11.3. The Morgan fingerprint density at radius 3 is 2.76 bits per heavy atom. The molecule has 4 rings (SSSR count). The zero-order valence-corrected chi connectivity index (χ0v) is 16.3. The van der Waals surface area contributed by atoms with Crippen LogP contribution in [0.25, 0.3) is 11.3 Å². The van der Waals surface area contributed by atoms with Gasteiger partial charge in [0.2, 0.25) is 11.0 Å². The number of hydrogen-bond donors (Lipinski definition) is 1. The number of carbonyl (C=O) groups is 1. The average molecular weight is 409 g/mol. The molecule has 0 saturated carbocycles. The number of para-hydroxylation sites is 1. The molecule has 1 aliphatic rings. The van der Waals surface area contributed by atoms with Crippen molar-refractivity contribution in [2.75, 3.05) is 17.7 Å². The van der Waals surface area contributed by atoms with Crippen LogP contribution in [0.2, 0.25) is 0 Å². The molecule has 1 aliphatic heterocycles. The fourth-order valence-corrected chi connectivity index (χ4v) is 3.37. The first-order valence-corrected chi connectivity index (χ1v) is 9.95. The lowest BCUT2D eigenvalue weighted by Crippen LogP contribution is -2.28. The molecular weight excluding hydrogens is 392 g/mol. The summed E-state index contributed by atoms with van der Waals surface area (Å²) in [6.45, 7) is 1.52. The maximum atomic E-state index is 10.5. The first-order valence-electron chi connectivity index (χ1n) is 8.96. The molecule has 1 N–H and O–H groups in total. The number of fused-ring (bicyclic) bond motifs is 3. The number of rotatable bonds is 6. The number of carbonyl (C=O) groups excluding carboxylic acids is 1. The van der Waals surface area contributed by atoms with Crippen molar-refractivity contribution in [3.8, 4) is 22.9 Å². The molecule has 1 atom stereocenters. The predicted octanol–water partition coefficient (Wildman–Crippen LogP) is 2.28. The van der Waals surface area contributed by atoms with E-state index in [2.05, 4.69) is 20.5 Å². The highest BCUT2D eigenvalue weighted by Crippen LogP contribution is 2.39. The maximum absolute atomic E-state index is 10.5. The molecule has 1 aromatic heterocycles. The van der Waals surface area contributed by atoms with E-state index in [9.17, 15) is 9.90 Å². The van der Waals surface area contributed by atoms with E-state index in [1.54, 1.807) is 24.3 Å². The molecule has 0 aliphatic carbocycles. The van der Waals surface area contributed by atoms with Gasteiger partial charge in [-0.3, -0.25) is 0 Å². The number of nitrogens with one attached hydrogen (secondary N) is 1. The highest BCUT2D eigenvalue weighted by Gasteiger charge is 2.25. The molecule has 3 aromatic rings. The molecule has 9 heteroatoms. The number of carboxylic acid groups (broad SMARTS) is 1. The normalized spacial score (nSPS) is 14.6. The molecule has 0 radical (unpaired) electrons. The van der Waals surface area contributed by atoms with Crippen LogP contribution in [0.5, 0.6) is 11.6 Å². The Labute approximate surface area is 171 Å². The second-order valence-electron chi connectivity index (χ2n) is 6.10. The molecule has 0 bridgehead atoms. The molecule has 148 valence electrons. The summed E-state index contributed by atoms with van der Waals surface area (Å²) in [4.78, 5) is 15.1. The van der Waals surface area contributed by atoms with Crippen LogP contribution in [-0.4, -0.2) is 33.5 Å². The fourth-order valence-electron chi connectivity index (χ4n) is 2.87. The van der Waals surface area contributed by atoms with Crippen molar-refractivity contribution >= 4 is 23.4 Å². The van der Waals surface area contributed by atoms with Crippen LogP contribution in [-0.2, 0) is 4.79 Å². The summed E-state index contributed by atoms with van der Waals surface area (Å²) in [6.07, 6.45) is -0.524. The number of thioether (sulfide) groups is 1. The van der Waals surface area contributed by atoms with Gasteiger partial charge in [-0.05, 0) is 36.1 Å². The largest absolute Gasteiger partial charge is 0.546 e. The third kappa shape index (κ3) is 4.24. The van der Waals surface area contributed by atoms with E-state index in [1.807, 2.05) is 31.2 Å². The third-order valence-corrected chi connectivity index (χ3v) is 4.87. The van der Waals surface area contributed by atoms with Gasteiger partial charge < -0.3 is 24.7 Å². The number of carboxylic acids is 1. The minimum Gasteiger partial charge on any atom is -0.546 e. The lowest BCUT2D eigenvalue weighted by Gasteiger charge is -2.19. The second-order valence-corrected chi connectivity index (χ2v) is 7.33. The van der Waals surface area contributed by atoms with Gasteiger partial charge in [-0.1, -0.05) is 36.9 Å². The van der Waals surface area contributed by atoms with Crippen molar-refractivity contribution in [1.29, 1.82) is 0 Å². The van der Waals surface area contributed by atoms with E-state index in [4.69, 9.17) is 9.47 Å². The Bertz CT molecular complexity index is 1030. The van der Waals surface area contributed by atoms with Crippen LogP contribution in [0.15, 0.2) is 53.7 Å². The Morgan fingerprint density at radius 1 is 1.21 bits per heavy atom. The van der Waals surface area contributed by atoms with E-state index in [1.165, 1.54) is 11.8 Å². The summed E-state index contributed by atoms with van der Waals surface area (Å²) in [5, 5.41) is 23.0. The zero-order valence-electron chi connectivity index (χ0n) is 15.5. The molecule has 8 nitrogen and oxygen atoms in total. The number of aliphatic carboxylic acids is 1. The first-order chi connectivity index (χ1) is 14.1. The van der Waals surface area contributed by atoms with E-state index >= 15 is 0 Å². The Kier molecular flexibility index (Phi) is 5.48. The van der Waals surface area contributed by atoms with Crippen molar-refractivity contribution in [2.45, 2.75) is 18.3 Å². The number of aromatic nitrogens is 3. The molecule has 2 heterocycles. The van der Waals surface area contributed by atoms with Crippen molar-refractivity contribution in [1.82, 2.24) is 15.2 Å². The molecule has 0 spiro atoms. The van der Waals surface area contributed by atoms with Crippen LogP contribution in [0, 0.1) is 0 Å². The van der Waals surface area contributed by atoms with Crippen molar-refractivity contribution in [3.63, 3.8) is 0 Å². The van der Waals surface area contributed by atoms with Gasteiger partial charge in [0.05, 0.1) is 5.97 Å². The lowest BCUT2D eigenvalue weighted by molar-refractivity contribution is -0.307. The highest BCUT2D eigenvalue weighted by molar-refractivity contribution is 7.99. The summed E-state index contributed by atoms with van der Waals surface area (Å²) >= 11 is 1.49. The van der Waals surface area contributed by atoms with E-state index in [-0.39, 0.29) is 0 Å². The van der Waals surface area contributed by atoms with Gasteiger partial charge in [0, 0.05) is 16.8 Å². The second kappa shape index (κ2) is 8.36. The lowest BCUT2D eigenvalue weighted by atomic mass is 10.1. The van der Waals surface area contributed by atoms with Gasteiger partial charge in [0.25, 0.3) is 0 Å². The van der Waals surface area contributed by atoms with E-state index in [0.29, 0.717) is 22.5 Å². The first kappa shape index (κ1) is 19.0. The summed E-state index contributed by atoms with van der Waals surface area (Å²) in [7, 11) is 0. The monoisotopic (exact) mass is 409 g/mol. The van der Waals surface area contributed by atoms with Crippen LogP contribution in [0.4, 0.5) is 5.69 Å². The predicted molar refractivity (Wildman–Crippen MR) is 106 cm³/mol. The molecule has 0 unspecified atom stereocenters. The van der Waals surface area contributed by atoms with Crippen LogP contribution < -0.4 is 19.9 Å². The number of ether oxygens (including phenoxy) is 2. The minimum absolute atomic E-state index is 0.399. The maximum Gasteiger partial charge on any atom is 0.247 e. The summed E-state index contributed by atoms with van der Waals surface area (Å²) in [5.41, 5.74) is 3.09. The van der Waals surface area contributed by atoms with Gasteiger partial charge in [-0.15, -0.1) is 10.2 Å². The quantitative estimate of drug-likeness (QED) is 0.613. The molecule has 0 saturated heterocycles. The Morgan fingerprint density at radius 2 is 2.00 bits per heavy atom. The van der Waals surface area contributed by atoms with Crippen molar-refractivity contribution in [2.24, 2.45) is 0 Å². The average Bonchev–Trinajstić information content (AvgIpc) is 2.89. The number of benzene rings is 2. The van der Waals surface area contributed by atoms with Crippen LogP contribution >= 0.6 is 11.8 Å². The van der Waals surface area contributed by atoms with Gasteiger partial charge in [-0.2, -0.15) is 4.98 Å². The van der Waals surface area contributed by atoms with Gasteiger partial charge in [0.1, 0.15) is 12.4 Å². The SMILES string of the molecule is CCSc1nnc2c(n1)O[C@H](c1ccc(OCC(=O)[O-])cc1)Nc1ccccc1-2. The van der Waals surface area contributed by atoms with Gasteiger partial charge in [-0.25, -0.2) is 0 Å². The van der Waals surface area contributed by atoms with Gasteiger partial charge in [0.15, 0.2) is 11.9 Å². The number of hydrogen-bond acceptors (Lipinski definition) is 9. The van der Waals surface area contributed by atoms with Crippen LogP contribution in [0.3, 0.4) is 0 Å².